The van der Waals surface area contributed by atoms with Gasteiger partial charge in [-0.05, 0) is 58.5 Å². The summed E-state index contributed by atoms with van der Waals surface area (Å²) >= 11 is 2.23. The van der Waals surface area contributed by atoms with Gasteiger partial charge in [-0.25, -0.2) is 0 Å². The van der Waals surface area contributed by atoms with E-state index in [0.29, 0.717) is 0 Å². The van der Waals surface area contributed by atoms with E-state index in [-0.39, 0.29) is 5.91 Å². The summed E-state index contributed by atoms with van der Waals surface area (Å²) < 4.78 is 1.15. The first-order valence-corrected chi connectivity index (χ1v) is 6.86. The van der Waals surface area contributed by atoms with E-state index >= 15 is 0 Å². The lowest BCUT2D eigenvalue weighted by molar-refractivity contribution is -0.115. The Kier molecular flexibility index (Phi) is 4.97. The van der Waals surface area contributed by atoms with Crippen molar-refractivity contribution in [1.82, 2.24) is 5.43 Å². The van der Waals surface area contributed by atoms with Crippen LogP contribution in [0.1, 0.15) is 5.56 Å². The summed E-state index contributed by atoms with van der Waals surface area (Å²) in [5.41, 5.74) is 7.31. The van der Waals surface area contributed by atoms with Gasteiger partial charge in [0, 0.05) is 9.65 Å². The Labute approximate surface area is 125 Å². The highest BCUT2D eigenvalue weighted by molar-refractivity contribution is 14.1. The predicted octanol–water partition coefficient (Wildman–Crippen LogP) is 3.45. The molecule has 0 radical (unpaired) electrons. The van der Waals surface area contributed by atoms with Gasteiger partial charge in [-0.15, -0.1) is 0 Å². The van der Waals surface area contributed by atoms with E-state index in [1.165, 1.54) is 6.08 Å². The maximum atomic E-state index is 11.6. The summed E-state index contributed by atoms with van der Waals surface area (Å²) in [6, 6.07) is 17.4. The second-order valence-electron chi connectivity index (χ2n) is 3.87. The second-order valence-corrected chi connectivity index (χ2v) is 5.11. The molecule has 2 aromatic carbocycles. The highest BCUT2D eigenvalue weighted by Crippen LogP contribution is 2.09. The number of hydrogen-bond acceptors (Lipinski definition) is 2. The maximum Gasteiger partial charge on any atom is 0.262 e. The quantitative estimate of drug-likeness (QED) is 0.496. The third-order valence-electron chi connectivity index (χ3n) is 2.40. The molecule has 0 aromatic heterocycles. The van der Waals surface area contributed by atoms with Crippen LogP contribution < -0.4 is 10.9 Å². The highest BCUT2D eigenvalue weighted by atomic mass is 127. The minimum atomic E-state index is -0.192. The molecular weight excluding hydrogens is 351 g/mol. The van der Waals surface area contributed by atoms with Gasteiger partial charge in [0.25, 0.3) is 5.91 Å². The molecule has 96 valence electrons. The number of anilines is 1. The van der Waals surface area contributed by atoms with Crippen LogP contribution >= 0.6 is 22.6 Å². The van der Waals surface area contributed by atoms with Gasteiger partial charge < -0.3 is 0 Å². The van der Waals surface area contributed by atoms with Crippen LogP contribution in [0.5, 0.6) is 0 Å². The van der Waals surface area contributed by atoms with Crippen LogP contribution in [-0.2, 0) is 4.79 Å². The van der Waals surface area contributed by atoms with Crippen molar-refractivity contribution in [3.8, 4) is 0 Å². The van der Waals surface area contributed by atoms with E-state index in [4.69, 9.17) is 0 Å². The number of carbonyl (C=O) groups excluding carboxylic acids is 1. The lowest BCUT2D eigenvalue weighted by Crippen LogP contribution is -2.27. The van der Waals surface area contributed by atoms with Gasteiger partial charge in [-0.3, -0.25) is 15.6 Å². The lowest BCUT2D eigenvalue weighted by Gasteiger charge is -2.06. The van der Waals surface area contributed by atoms with Gasteiger partial charge in [0.2, 0.25) is 0 Å². The third kappa shape index (κ3) is 4.75. The highest BCUT2D eigenvalue weighted by Gasteiger charge is 1.95. The summed E-state index contributed by atoms with van der Waals surface area (Å²) in [6.07, 6.45) is 3.26. The van der Waals surface area contributed by atoms with Gasteiger partial charge in [0.05, 0.1) is 5.69 Å². The van der Waals surface area contributed by atoms with Crippen molar-refractivity contribution in [2.24, 2.45) is 0 Å². The molecule has 0 aliphatic carbocycles. The Hall–Kier alpha value is -1.82. The van der Waals surface area contributed by atoms with Crippen LogP contribution in [0.15, 0.2) is 60.7 Å². The zero-order chi connectivity index (χ0) is 13.5. The topological polar surface area (TPSA) is 41.1 Å². The fraction of sp³-hybridized carbons (Fsp3) is 0. The number of benzene rings is 2. The van der Waals surface area contributed by atoms with E-state index in [1.807, 2.05) is 54.6 Å². The SMILES string of the molecule is O=C(/C=C/c1ccccc1)NNc1ccc(I)cc1. The predicted molar refractivity (Wildman–Crippen MR) is 86.4 cm³/mol. The minimum absolute atomic E-state index is 0.192. The molecule has 0 unspecified atom stereocenters. The fourth-order valence-corrected chi connectivity index (χ4v) is 1.80. The van der Waals surface area contributed by atoms with Crippen LogP contribution in [-0.4, -0.2) is 5.91 Å². The van der Waals surface area contributed by atoms with Crippen LogP contribution in [0.4, 0.5) is 5.69 Å². The molecule has 2 aromatic rings. The Morgan fingerprint density at radius 2 is 1.68 bits per heavy atom. The summed E-state index contributed by atoms with van der Waals surface area (Å²) in [5, 5.41) is 0. The van der Waals surface area contributed by atoms with Crippen molar-refractivity contribution >= 4 is 40.3 Å². The second kappa shape index (κ2) is 6.94. The monoisotopic (exact) mass is 364 g/mol. The Bertz CT molecular complexity index is 564. The molecule has 4 heteroatoms. The average Bonchev–Trinajstić information content (AvgIpc) is 2.45. The van der Waals surface area contributed by atoms with E-state index in [1.54, 1.807) is 6.08 Å². The largest absolute Gasteiger partial charge is 0.298 e. The summed E-state index contributed by atoms with van der Waals surface area (Å²) in [7, 11) is 0. The summed E-state index contributed by atoms with van der Waals surface area (Å²) in [5.74, 6) is -0.192. The average molecular weight is 364 g/mol. The van der Waals surface area contributed by atoms with Gasteiger partial charge in [0.1, 0.15) is 0 Å². The van der Waals surface area contributed by atoms with E-state index in [0.717, 1.165) is 14.8 Å². The molecule has 0 saturated heterocycles. The number of amides is 1. The van der Waals surface area contributed by atoms with Crippen molar-refractivity contribution in [2.45, 2.75) is 0 Å². The first kappa shape index (κ1) is 13.6. The number of hydrogen-bond donors (Lipinski definition) is 2. The normalized spacial score (nSPS) is 10.4. The zero-order valence-electron chi connectivity index (χ0n) is 10.1. The Morgan fingerprint density at radius 3 is 2.37 bits per heavy atom. The first-order valence-electron chi connectivity index (χ1n) is 5.79. The lowest BCUT2D eigenvalue weighted by atomic mass is 10.2. The standard InChI is InChI=1S/C15H13IN2O/c16-13-7-9-14(10-8-13)17-18-15(19)11-6-12-4-2-1-3-5-12/h1-11,17H,(H,18,19)/b11-6+. The smallest absolute Gasteiger partial charge is 0.262 e. The molecule has 0 bridgehead atoms. The number of hydrazine groups is 1. The molecule has 0 aliphatic heterocycles. The van der Waals surface area contributed by atoms with Crippen LogP contribution in [0.2, 0.25) is 0 Å². The zero-order valence-corrected chi connectivity index (χ0v) is 12.3. The van der Waals surface area contributed by atoms with Crippen molar-refractivity contribution in [3.05, 3.63) is 69.8 Å². The molecule has 2 N–H and O–H groups in total. The molecule has 0 aliphatic rings. The fourth-order valence-electron chi connectivity index (χ4n) is 1.44. The van der Waals surface area contributed by atoms with Crippen molar-refractivity contribution in [3.63, 3.8) is 0 Å². The molecular formula is C15H13IN2O. The van der Waals surface area contributed by atoms with Crippen LogP contribution in [0.25, 0.3) is 6.08 Å². The first-order chi connectivity index (χ1) is 9.24. The van der Waals surface area contributed by atoms with E-state index in [9.17, 15) is 4.79 Å². The molecule has 0 fully saturated rings. The van der Waals surface area contributed by atoms with E-state index < -0.39 is 0 Å². The number of halogens is 1. The molecule has 0 heterocycles. The van der Waals surface area contributed by atoms with Crippen LogP contribution in [0.3, 0.4) is 0 Å². The van der Waals surface area contributed by atoms with Gasteiger partial charge in [-0.2, -0.15) is 0 Å². The molecule has 0 atom stereocenters. The van der Waals surface area contributed by atoms with Crippen molar-refractivity contribution in [1.29, 1.82) is 0 Å². The van der Waals surface area contributed by atoms with Crippen LogP contribution in [0, 0.1) is 3.57 Å². The Balaban J connectivity index is 1.85. The molecule has 0 spiro atoms. The van der Waals surface area contributed by atoms with Gasteiger partial charge in [-0.1, -0.05) is 30.3 Å². The van der Waals surface area contributed by atoms with Gasteiger partial charge in [0.15, 0.2) is 0 Å². The van der Waals surface area contributed by atoms with Gasteiger partial charge >= 0.3 is 0 Å². The number of carbonyl (C=O) groups is 1. The third-order valence-corrected chi connectivity index (χ3v) is 3.12. The molecule has 0 saturated carbocycles. The number of nitrogens with one attached hydrogen (secondary N) is 2. The summed E-state index contributed by atoms with van der Waals surface area (Å²) in [6.45, 7) is 0. The molecule has 1 amide bonds. The van der Waals surface area contributed by atoms with E-state index in [2.05, 4.69) is 33.4 Å². The molecule has 2 rings (SSSR count). The van der Waals surface area contributed by atoms with Crippen molar-refractivity contribution in [2.75, 3.05) is 5.43 Å². The number of rotatable bonds is 4. The van der Waals surface area contributed by atoms with Crippen molar-refractivity contribution < 1.29 is 4.79 Å². The summed E-state index contributed by atoms with van der Waals surface area (Å²) in [4.78, 5) is 11.6. The molecule has 3 nitrogen and oxygen atoms in total. The molecule has 19 heavy (non-hydrogen) atoms. The Morgan fingerprint density at radius 1 is 1.00 bits per heavy atom. The maximum absolute atomic E-state index is 11.6. The minimum Gasteiger partial charge on any atom is -0.298 e.